The SMILES string of the molecule is CN(C(=O)c1ccccc1N(CC(=O)[O-])C(=O)CN1C(=O)c2ccccc2C1=O)c1ccccc1. The lowest BCUT2D eigenvalue weighted by molar-refractivity contribution is -0.303. The van der Waals surface area contributed by atoms with Gasteiger partial charge < -0.3 is 19.7 Å². The second kappa shape index (κ2) is 9.60. The van der Waals surface area contributed by atoms with E-state index in [1.165, 1.54) is 29.2 Å². The molecule has 1 heterocycles. The molecule has 3 aromatic carbocycles. The van der Waals surface area contributed by atoms with Gasteiger partial charge in [-0.05, 0) is 36.4 Å². The van der Waals surface area contributed by atoms with Gasteiger partial charge in [0.2, 0.25) is 5.91 Å². The molecule has 9 nitrogen and oxygen atoms in total. The quantitative estimate of drug-likeness (QED) is 0.481. The minimum Gasteiger partial charge on any atom is -0.548 e. The minimum atomic E-state index is -1.57. The highest BCUT2D eigenvalue weighted by Crippen LogP contribution is 2.26. The number of carboxylic acid groups (broad SMARTS) is 1. The van der Waals surface area contributed by atoms with Crippen molar-refractivity contribution in [3.63, 3.8) is 0 Å². The summed E-state index contributed by atoms with van der Waals surface area (Å²) < 4.78 is 0. The van der Waals surface area contributed by atoms with Crippen molar-refractivity contribution in [1.29, 1.82) is 0 Å². The van der Waals surface area contributed by atoms with Crippen LogP contribution < -0.4 is 14.9 Å². The van der Waals surface area contributed by atoms with E-state index in [1.54, 1.807) is 61.6 Å². The van der Waals surface area contributed by atoms with E-state index in [0.717, 1.165) is 9.80 Å². The van der Waals surface area contributed by atoms with Crippen LogP contribution in [0.15, 0.2) is 78.9 Å². The van der Waals surface area contributed by atoms with Crippen LogP contribution in [-0.2, 0) is 9.59 Å². The smallest absolute Gasteiger partial charge is 0.262 e. The molecule has 0 saturated heterocycles. The topological polar surface area (TPSA) is 118 Å². The number of hydrogen-bond acceptors (Lipinski definition) is 6. The lowest BCUT2D eigenvalue weighted by atomic mass is 10.1. The molecule has 1 aliphatic rings. The van der Waals surface area contributed by atoms with Crippen LogP contribution in [0, 0.1) is 0 Å². The summed E-state index contributed by atoms with van der Waals surface area (Å²) >= 11 is 0. The van der Waals surface area contributed by atoms with Crippen molar-refractivity contribution in [2.24, 2.45) is 0 Å². The van der Waals surface area contributed by atoms with Crippen molar-refractivity contribution in [2.75, 3.05) is 29.9 Å². The fourth-order valence-corrected chi connectivity index (χ4v) is 3.88. The van der Waals surface area contributed by atoms with Crippen LogP contribution in [-0.4, -0.2) is 54.6 Å². The monoisotopic (exact) mass is 470 g/mol. The summed E-state index contributed by atoms with van der Waals surface area (Å²) in [5.41, 5.74) is 1.01. The fraction of sp³-hybridized carbons (Fsp3) is 0.115. The van der Waals surface area contributed by atoms with E-state index in [0.29, 0.717) is 5.69 Å². The number of anilines is 2. The molecule has 0 spiro atoms. The van der Waals surface area contributed by atoms with Gasteiger partial charge in [-0.2, -0.15) is 0 Å². The molecule has 4 amide bonds. The summed E-state index contributed by atoms with van der Waals surface area (Å²) in [6, 6.07) is 21.0. The lowest BCUT2D eigenvalue weighted by Gasteiger charge is -2.28. The number of carbonyl (C=O) groups is 5. The second-order valence-corrected chi connectivity index (χ2v) is 7.81. The summed E-state index contributed by atoms with van der Waals surface area (Å²) in [6.45, 7) is -1.57. The average Bonchev–Trinajstić information content (AvgIpc) is 3.11. The van der Waals surface area contributed by atoms with E-state index in [2.05, 4.69) is 0 Å². The highest BCUT2D eigenvalue weighted by atomic mass is 16.4. The Balaban J connectivity index is 1.65. The van der Waals surface area contributed by atoms with Crippen LogP contribution in [0.3, 0.4) is 0 Å². The van der Waals surface area contributed by atoms with Gasteiger partial charge in [-0.15, -0.1) is 0 Å². The molecule has 9 heteroatoms. The molecule has 176 valence electrons. The number of carboxylic acids is 1. The summed E-state index contributed by atoms with van der Waals surface area (Å²) in [6.07, 6.45) is 0. The number of nitrogens with zero attached hydrogens (tertiary/aromatic N) is 3. The molecule has 0 aliphatic carbocycles. The number of hydrogen-bond donors (Lipinski definition) is 0. The first-order chi connectivity index (χ1) is 16.8. The Morgan fingerprint density at radius 2 is 1.34 bits per heavy atom. The Kier molecular flexibility index (Phi) is 6.41. The maximum Gasteiger partial charge on any atom is 0.262 e. The molecule has 0 aromatic heterocycles. The molecule has 35 heavy (non-hydrogen) atoms. The van der Waals surface area contributed by atoms with Gasteiger partial charge in [0.05, 0.1) is 34.9 Å². The number of imide groups is 1. The Labute approximate surface area is 200 Å². The van der Waals surface area contributed by atoms with E-state index in [1.807, 2.05) is 0 Å². The number of fused-ring (bicyclic) bond motifs is 1. The van der Waals surface area contributed by atoms with Gasteiger partial charge in [0.1, 0.15) is 6.54 Å². The first-order valence-electron chi connectivity index (χ1n) is 10.7. The van der Waals surface area contributed by atoms with Gasteiger partial charge in [0, 0.05) is 12.7 Å². The number of benzene rings is 3. The van der Waals surface area contributed by atoms with Crippen molar-refractivity contribution >= 4 is 41.0 Å². The molecular weight excluding hydrogens is 450 g/mol. The van der Waals surface area contributed by atoms with Gasteiger partial charge in [-0.25, -0.2) is 0 Å². The summed E-state index contributed by atoms with van der Waals surface area (Å²) in [4.78, 5) is 66.4. The summed E-state index contributed by atoms with van der Waals surface area (Å²) in [5.74, 6) is -4.21. The number of aliphatic carboxylic acids is 1. The molecule has 0 bridgehead atoms. The van der Waals surface area contributed by atoms with E-state index in [-0.39, 0.29) is 22.4 Å². The van der Waals surface area contributed by atoms with Crippen molar-refractivity contribution < 1.29 is 29.1 Å². The largest absolute Gasteiger partial charge is 0.548 e. The van der Waals surface area contributed by atoms with Crippen molar-refractivity contribution in [1.82, 2.24) is 4.90 Å². The summed E-state index contributed by atoms with van der Waals surface area (Å²) in [5, 5.41) is 11.5. The van der Waals surface area contributed by atoms with Gasteiger partial charge in [0.25, 0.3) is 17.7 Å². The number of rotatable bonds is 7. The molecule has 0 N–H and O–H groups in total. The fourth-order valence-electron chi connectivity index (χ4n) is 3.88. The number of carbonyl (C=O) groups excluding carboxylic acids is 5. The van der Waals surface area contributed by atoms with Crippen LogP contribution in [0.4, 0.5) is 11.4 Å². The molecule has 0 radical (unpaired) electrons. The predicted molar refractivity (Wildman–Crippen MR) is 125 cm³/mol. The second-order valence-electron chi connectivity index (χ2n) is 7.81. The van der Waals surface area contributed by atoms with E-state index in [4.69, 9.17) is 0 Å². The zero-order valence-corrected chi connectivity index (χ0v) is 18.7. The zero-order valence-electron chi connectivity index (χ0n) is 18.7. The third-order valence-electron chi connectivity index (χ3n) is 5.63. The van der Waals surface area contributed by atoms with Crippen LogP contribution in [0.2, 0.25) is 0 Å². The van der Waals surface area contributed by atoms with E-state index in [9.17, 15) is 29.1 Å². The highest BCUT2D eigenvalue weighted by molar-refractivity contribution is 6.23. The molecule has 0 fully saturated rings. The van der Waals surface area contributed by atoms with Crippen LogP contribution >= 0.6 is 0 Å². The maximum atomic E-state index is 13.3. The Bertz CT molecular complexity index is 1300. The van der Waals surface area contributed by atoms with Crippen LogP contribution in [0.25, 0.3) is 0 Å². The average molecular weight is 470 g/mol. The molecular formula is C26H20N3O6-. The van der Waals surface area contributed by atoms with Gasteiger partial charge in [-0.3, -0.25) is 24.1 Å². The normalized spacial score (nSPS) is 12.3. The Morgan fingerprint density at radius 1 is 0.800 bits per heavy atom. The van der Waals surface area contributed by atoms with Crippen molar-refractivity contribution in [2.45, 2.75) is 0 Å². The molecule has 4 rings (SSSR count). The number of amides is 4. The zero-order chi connectivity index (χ0) is 25.1. The lowest BCUT2D eigenvalue weighted by Crippen LogP contribution is -2.48. The number of para-hydroxylation sites is 2. The molecule has 0 saturated carbocycles. The highest BCUT2D eigenvalue weighted by Gasteiger charge is 2.37. The van der Waals surface area contributed by atoms with E-state index < -0.39 is 42.7 Å². The predicted octanol–water partition coefficient (Wildman–Crippen LogP) is 1.34. The van der Waals surface area contributed by atoms with Crippen LogP contribution in [0.5, 0.6) is 0 Å². The van der Waals surface area contributed by atoms with Gasteiger partial charge in [-0.1, -0.05) is 42.5 Å². The molecule has 0 unspecified atom stereocenters. The maximum absolute atomic E-state index is 13.3. The van der Waals surface area contributed by atoms with Crippen molar-refractivity contribution in [3.8, 4) is 0 Å². The molecule has 3 aromatic rings. The Hall–Kier alpha value is -4.79. The third-order valence-corrected chi connectivity index (χ3v) is 5.63. The summed E-state index contributed by atoms with van der Waals surface area (Å²) in [7, 11) is 1.55. The van der Waals surface area contributed by atoms with Gasteiger partial charge in [0.15, 0.2) is 0 Å². The third kappa shape index (κ3) is 4.51. The van der Waals surface area contributed by atoms with Gasteiger partial charge >= 0.3 is 0 Å². The first-order valence-corrected chi connectivity index (χ1v) is 10.7. The Morgan fingerprint density at radius 3 is 1.94 bits per heavy atom. The standard InChI is InChI=1S/C26H21N3O6/c1-27(17-9-3-2-4-10-17)24(33)20-13-7-8-14-21(20)28(16-23(31)32)22(30)15-29-25(34)18-11-5-6-12-19(18)26(29)35/h2-14H,15-16H2,1H3,(H,31,32)/p-1. The van der Waals surface area contributed by atoms with E-state index >= 15 is 0 Å². The van der Waals surface area contributed by atoms with Crippen LogP contribution in [0.1, 0.15) is 31.1 Å². The molecule has 0 atom stereocenters. The van der Waals surface area contributed by atoms with Crippen molar-refractivity contribution in [3.05, 3.63) is 95.6 Å². The first kappa shape index (κ1) is 23.4. The molecule has 1 aliphatic heterocycles. The minimum absolute atomic E-state index is 0.0195.